The second kappa shape index (κ2) is 6.43. The molecule has 0 aliphatic heterocycles. The Morgan fingerprint density at radius 3 is 2.79 bits per heavy atom. The fourth-order valence-corrected chi connectivity index (χ4v) is 1.97. The molecule has 0 amide bonds. The molecule has 0 bridgehead atoms. The van der Waals surface area contributed by atoms with Crippen molar-refractivity contribution in [2.75, 3.05) is 6.54 Å². The second-order valence-electron chi connectivity index (χ2n) is 4.59. The standard InChI is InChI=1S/C14H19FN4/c1-3-7-16-14(9-12-6-8-19(2)18-12)13-5-4-11(15)10-17-13/h4-6,8,10,14,16H,3,7,9H2,1-2H3. The quantitative estimate of drug-likeness (QED) is 0.868. The van der Waals surface area contributed by atoms with Gasteiger partial charge in [-0.2, -0.15) is 5.10 Å². The van der Waals surface area contributed by atoms with Crippen molar-refractivity contribution in [3.63, 3.8) is 0 Å². The van der Waals surface area contributed by atoms with E-state index < -0.39 is 0 Å². The molecule has 0 aromatic carbocycles. The summed E-state index contributed by atoms with van der Waals surface area (Å²) >= 11 is 0. The Morgan fingerprint density at radius 2 is 2.21 bits per heavy atom. The minimum absolute atomic E-state index is 0.0652. The third-order valence-electron chi connectivity index (χ3n) is 2.93. The van der Waals surface area contributed by atoms with Gasteiger partial charge < -0.3 is 5.32 Å². The van der Waals surface area contributed by atoms with E-state index in [1.165, 1.54) is 12.3 Å². The van der Waals surface area contributed by atoms with Gasteiger partial charge in [-0.05, 0) is 31.2 Å². The summed E-state index contributed by atoms with van der Waals surface area (Å²) in [4.78, 5) is 4.16. The number of aryl methyl sites for hydroxylation is 1. The third-order valence-corrected chi connectivity index (χ3v) is 2.93. The second-order valence-corrected chi connectivity index (χ2v) is 4.59. The van der Waals surface area contributed by atoms with Crippen molar-refractivity contribution in [1.29, 1.82) is 0 Å². The smallest absolute Gasteiger partial charge is 0.141 e. The van der Waals surface area contributed by atoms with E-state index in [1.807, 2.05) is 19.3 Å². The molecular formula is C14H19FN4. The lowest BCUT2D eigenvalue weighted by molar-refractivity contribution is 0.507. The van der Waals surface area contributed by atoms with E-state index in [1.54, 1.807) is 10.7 Å². The molecule has 0 aliphatic rings. The van der Waals surface area contributed by atoms with Crippen molar-refractivity contribution in [3.8, 4) is 0 Å². The van der Waals surface area contributed by atoms with E-state index >= 15 is 0 Å². The van der Waals surface area contributed by atoms with Gasteiger partial charge in [0.25, 0.3) is 0 Å². The molecule has 0 saturated heterocycles. The van der Waals surface area contributed by atoms with Crippen molar-refractivity contribution in [3.05, 3.63) is 47.8 Å². The molecule has 0 radical (unpaired) electrons. The molecule has 2 aromatic heterocycles. The summed E-state index contributed by atoms with van der Waals surface area (Å²) in [5.41, 5.74) is 1.85. The lowest BCUT2D eigenvalue weighted by Gasteiger charge is -2.16. The molecule has 0 saturated carbocycles. The predicted octanol–water partition coefficient (Wildman–Crippen LogP) is 2.24. The van der Waals surface area contributed by atoms with Crippen LogP contribution in [0, 0.1) is 5.82 Å². The molecule has 19 heavy (non-hydrogen) atoms. The monoisotopic (exact) mass is 262 g/mol. The third kappa shape index (κ3) is 3.86. The molecule has 1 atom stereocenters. The molecule has 1 N–H and O–H groups in total. The molecule has 5 heteroatoms. The van der Waals surface area contributed by atoms with E-state index in [0.29, 0.717) is 0 Å². The van der Waals surface area contributed by atoms with Crippen LogP contribution in [0.4, 0.5) is 4.39 Å². The van der Waals surface area contributed by atoms with Gasteiger partial charge in [-0.1, -0.05) is 6.92 Å². The molecule has 2 aromatic rings. The average molecular weight is 262 g/mol. The lowest BCUT2D eigenvalue weighted by atomic mass is 10.1. The van der Waals surface area contributed by atoms with Crippen LogP contribution in [0.3, 0.4) is 0 Å². The summed E-state index contributed by atoms with van der Waals surface area (Å²) in [6.07, 6.45) is 4.97. The topological polar surface area (TPSA) is 42.7 Å². The predicted molar refractivity (Wildman–Crippen MR) is 72.1 cm³/mol. The first-order valence-corrected chi connectivity index (χ1v) is 6.52. The van der Waals surface area contributed by atoms with Crippen LogP contribution in [0.2, 0.25) is 0 Å². The van der Waals surface area contributed by atoms with Gasteiger partial charge in [-0.15, -0.1) is 0 Å². The zero-order chi connectivity index (χ0) is 13.7. The van der Waals surface area contributed by atoms with Crippen LogP contribution in [0.1, 0.15) is 30.8 Å². The number of halogens is 1. The van der Waals surface area contributed by atoms with Crippen LogP contribution >= 0.6 is 0 Å². The summed E-state index contributed by atoms with van der Waals surface area (Å²) in [5, 5.41) is 7.81. The van der Waals surface area contributed by atoms with Crippen LogP contribution in [-0.4, -0.2) is 21.3 Å². The highest BCUT2D eigenvalue weighted by molar-refractivity contribution is 5.13. The van der Waals surface area contributed by atoms with Crippen LogP contribution in [0.5, 0.6) is 0 Å². The number of nitrogens with one attached hydrogen (secondary N) is 1. The zero-order valence-corrected chi connectivity index (χ0v) is 11.3. The number of nitrogens with zero attached hydrogens (tertiary/aromatic N) is 3. The SMILES string of the molecule is CCCNC(Cc1ccn(C)n1)c1ccc(F)cn1. The Kier molecular flexibility index (Phi) is 4.63. The van der Waals surface area contributed by atoms with E-state index in [2.05, 4.69) is 22.3 Å². The minimum atomic E-state index is -0.309. The molecule has 4 nitrogen and oxygen atoms in total. The molecule has 0 fully saturated rings. The lowest BCUT2D eigenvalue weighted by Crippen LogP contribution is -2.25. The van der Waals surface area contributed by atoms with E-state index in [9.17, 15) is 4.39 Å². The molecule has 2 heterocycles. The highest BCUT2D eigenvalue weighted by atomic mass is 19.1. The van der Waals surface area contributed by atoms with Gasteiger partial charge in [0.1, 0.15) is 5.82 Å². The Labute approximate surface area is 112 Å². The van der Waals surface area contributed by atoms with Crippen molar-refractivity contribution in [2.45, 2.75) is 25.8 Å². The molecule has 102 valence electrons. The molecular weight excluding hydrogens is 243 g/mol. The molecule has 1 unspecified atom stereocenters. The first-order valence-electron chi connectivity index (χ1n) is 6.52. The first kappa shape index (κ1) is 13.7. The highest BCUT2D eigenvalue weighted by Crippen LogP contribution is 2.16. The molecule has 0 aliphatic carbocycles. The summed E-state index contributed by atoms with van der Waals surface area (Å²) in [6, 6.07) is 5.23. The fourth-order valence-electron chi connectivity index (χ4n) is 1.97. The first-order chi connectivity index (χ1) is 9.19. The van der Waals surface area contributed by atoms with Crippen LogP contribution in [-0.2, 0) is 13.5 Å². The zero-order valence-electron chi connectivity index (χ0n) is 11.3. The average Bonchev–Trinajstić information content (AvgIpc) is 2.81. The Balaban J connectivity index is 2.13. The summed E-state index contributed by atoms with van der Waals surface area (Å²) in [7, 11) is 1.90. The highest BCUT2D eigenvalue weighted by Gasteiger charge is 2.14. The van der Waals surface area contributed by atoms with E-state index in [0.717, 1.165) is 30.8 Å². The molecule has 2 rings (SSSR count). The number of hydrogen-bond donors (Lipinski definition) is 1. The van der Waals surface area contributed by atoms with Crippen molar-refractivity contribution >= 4 is 0 Å². The van der Waals surface area contributed by atoms with Crippen LogP contribution in [0.15, 0.2) is 30.6 Å². The van der Waals surface area contributed by atoms with Crippen LogP contribution < -0.4 is 5.32 Å². The maximum absolute atomic E-state index is 12.9. The van der Waals surface area contributed by atoms with Gasteiger partial charge >= 0.3 is 0 Å². The maximum atomic E-state index is 12.9. The van der Waals surface area contributed by atoms with Gasteiger partial charge in [0.2, 0.25) is 0 Å². The fraction of sp³-hybridized carbons (Fsp3) is 0.429. The summed E-state index contributed by atoms with van der Waals surface area (Å²) in [5.74, 6) is -0.309. The van der Waals surface area contributed by atoms with Gasteiger partial charge in [0, 0.05) is 19.7 Å². The Morgan fingerprint density at radius 1 is 1.37 bits per heavy atom. The molecule has 0 spiro atoms. The summed E-state index contributed by atoms with van der Waals surface area (Å²) in [6.45, 7) is 3.01. The number of hydrogen-bond acceptors (Lipinski definition) is 3. The van der Waals surface area contributed by atoms with Gasteiger partial charge in [-0.25, -0.2) is 4.39 Å². The van der Waals surface area contributed by atoms with E-state index in [-0.39, 0.29) is 11.9 Å². The van der Waals surface area contributed by atoms with Gasteiger partial charge in [0.15, 0.2) is 0 Å². The maximum Gasteiger partial charge on any atom is 0.141 e. The number of rotatable bonds is 6. The van der Waals surface area contributed by atoms with Crippen LogP contribution in [0.25, 0.3) is 0 Å². The van der Waals surface area contributed by atoms with Gasteiger partial charge in [0.05, 0.1) is 23.6 Å². The number of pyridine rings is 1. The number of aromatic nitrogens is 3. The largest absolute Gasteiger partial charge is 0.308 e. The van der Waals surface area contributed by atoms with Crippen molar-refractivity contribution in [2.24, 2.45) is 7.05 Å². The van der Waals surface area contributed by atoms with E-state index in [4.69, 9.17) is 0 Å². The van der Waals surface area contributed by atoms with Crippen molar-refractivity contribution < 1.29 is 4.39 Å². The Bertz CT molecular complexity index is 506. The van der Waals surface area contributed by atoms with Crippen molar-refractivity contribution in [1.82, 2.24) is 20.1 Å². The Hall–Kier alpha value is -1.75. The minimum Gasteiger partial charge on any atom is -0.308 e. The normalized spacial score (nSPS) is 12.6. The van der Waals surface area contributed by atoms with Gasteiger partial charge in [-0.3, -0.25) is 9.67 Å². The summed E-state index contributed by atoms with van der Waals surface area (Å²) < 4.78 is 14.7.